The van der Waals surface area contributed by atoms with Crippen molar-refractivity contribution in [3.8, 4) is 17.2 Å². The van der Waals surface area contributed by atoms with Crippen molar-refractivity contribution in [1.29, 1.82) is 0 Å². The van der Waals surface area contributed by atoms with Crippen LogP contribution in [-0.2, 0) is 14.8 Å². The summed E-state index contributed by atoms with van der Waals surface area (Å²) in [5.41, 5.74) is 1.08. The molecule has 8 nitrogen and oxygen atoms in total. The Morgan fingerprint density at radius 1 is 0.933 bits per heavy atom. The molecule has 0 radical (unpaired) electrons. The SMILES string of the molecule is COc1ccc([C@H](C)NC(=O)[C@H](C)N(c2cc(OC)ccc2OC)S(C)(=O)=O)cc1. The minimum absolute atomic E-state index is 0.221. The standard InChI is InChI=1S/C21H28N2O6S/c1-14(16-7-9-17(27-3)10-8-16)22-21(24)15(2)23(30(6,25)26)19-13-18(28-4)11-12-20(19)29-5/h7-15H,1-6H3,(H,22,24)/t14-,15-/m0/s1. The number of nitrogens with one attached hydrogen (secondary N) is 1. The third-order valence-electron chi connectivity index (χ3n) is 4.69. The number of nitrogens with zero attached hydrogens (tertiary/aromatic N) is 1. The van der Waals surface area contributed by atoms with E-state index in [1.165, 1.54) is 27.2 Å². The first-order valence-electron chi connectivity index (χ1n) is 9.28. The first-order chi connectivity index (χ1) is 14.1. The third-order valence-corrected chi connectivity index (χ3v) is 5.91. The number of anilines is 1. The van der Waals surface area contributed by atoms with Crippen molar-refractivity contribution in [2.24, 2.45) is 0 Å². The van der Waals surface area contributed by atoms with Crippen molar-refractivity contribution >= 4 is 21.6 Å². The van der Waals surface area contributed by atoms with E-state index in [9.17, 15) is 13.2 Å². The smallest absolute Gasteiger partial charge is 0.244 e. The van der Waals surface area contributed by atoms with Gasteiger partial charge in [0.2, 0.25) is 15.9 Å². The van der Waals surface area contributed by atoms with Crippen molar-refractivity contribution < 1.29 is 27.4 Å². The van der Waals surface area contributed by atoms with Gasteiger partial charge in [0.1, 0.15) is 23.3 Å². The van der Waals surface area contributed by atoms with E-state index in [4.69, 9.17) is 14.2 Å². The number of benzene rings is 2. The Morgan fingerprint density at radius 2 is 1.50 bits per heavy atom. The molecule has 30 heavy (non-hydrogen) atoms. The Bertz CT molecular complexity index is 975. The first-order valence-corrected chi connectivity index (χ1v) is 11.1. The average Bonchev–Trinajstić information content (AvgIpc) is 2.72. The molecule has 0 fully saturated rings. The van der Waals surface area contributed by atoms with Gasteiger partial charge in [0.25, 0.3) is 0 Å². The molecule has 0 aromatic heterocycles. The highest BCUT2D eigenvalue weighted by Gasteiger charge is 2.32. The number of amides is 1. The molecule has 9 heteroatoms. The molecule has 2 rings (SSSR count). The van der Waals surface area contributed by atoms with Crippen LogP contribution in [-0.4, -0.2) is 48.0 Å². The maximum atomic E-state index is 13.0. The molecule has 0 bridgehead atoms. The van der Waals surface area contributed by atoms with Crippen LogP contribution in [0, 0.1) is 0 Å². The molecule has 0 heterocycles. The van der Waals surface area contributed by atoms with Crippen LogP contribution in [0.1, 0.15) is 25.5 Å². The molecule has 2 aromatic carbocycles. The normalized spacial score (nSPS) is 13.1. The lowest BCUT2D eigenvalue weighted by atomic mass is 10.1. The van der Waals surface area contributed by atoms with Gasteiger partial charge < -0.3 is 19.5 Å². The van der Waals surface area contributed by atoms with Gasteiger partial charge in [0.15, 0.2) is 0 Å². The highest BCUT2D eigenvalue weighted by molar-refractivity contribution is 7.92. The molecule has 0 saturated carbocycles. The number of hydrogen-bond donors (Lipinski definition) is 1. The van der Waals surface area contributed by atoms with E-state index in [0.717, 1.165) is 16.1 Å². The summed E-state index contributed by atoms with van der Waals surface area (Å²) >= 11 is 0. The maximum absolute atomic E-state index is 13.0. The molecule has 164 valence electrons. The van der Waals surface area contributed by atoms with Gasteiger partial charge >= 0.3 is 0 Å². The topological polar surface area (TPSA) is 94.2 Å². The molecule has 2 atom stereocenters. The van der Waals surface area contributed by atoms with E-state index >= 15 is 0 Å². The van der Waals surface area contributed by atoms with E-state index in [1.54, 1.807) is 31.4 Å². The monoisotopic (exact) mass is 436 g/mol. The predicted octanol–water partition coefficient (Wildman–Crippen LogP) is 2.74. The molecule has 1 amide bonds. The van der Waals surface area contributed by atoms with Crippen LogP contribution in [0.15, 0.2) is 42.5 Å². The minimum atomic E-state index is -3.81. The Balaban J connectivity index is 2.33. The lowest BCUT2D eigenvalue weighted by Crippen LogP contribution is -2.48. The quantitative estimate of drug-likeness (QED) is 0.650. The fourth-order valence-electron chi connectivity index (χ4n) is 3.06. The van der Waals surface area contributed by atoms with Crippen molar-refractivity contribution in [2.45, 2.75) is 25.9 Å². The number of carbonyl (C=O) groups is 1. The van der Waals surface area contributed by atoms with Crippen molar-refractivity contribution in [1.82, 2.24) is 5.32 Å². The second-order valence-corrected chi connectivity index (χ2v) is 8.64. The van der Waals surface area contributed by atoms with Crippen molar-refractivity contribution in [2.75, 3.05) is 31.9 Å². The van der Waals surface area contributed by atoms with E-state index in [-0.39, 0.29) is 11.7 Å². The van der Waals surface area contributed by atoms with Gasteiger partial charge in [-0.1, -0.05) is 12.1 Å². The van der Waals surface area contributed by atoms with Gasteiger partial charge in [-0.2, -0.15) is 0 Å². The van der Waals surface area contributed by atoms with Gasteiger partial charge in [-0.05, 0) is 43.7 Å². The lowest BCUT2D eigenvalue weighted by molar-refractivity contribution is -0.122. The van der Waals surface area contributed by atoms with E-state index in [0.29, 0.717) is 17.2 Å². The zero-order chi connectivity index (χ0) is 22.5. The molecule has 0 unspecified atom stereocenters. The summed E-state index contributed by atoms with van der Waals surface area (Å²) in [6, 6.07) is 10.7. The molecule has 0 spiro atoms. The lowest BCUT2D eigenvalue weighted by Gasteiger charge is -2.30. The van der Waals surface area contributed by atoms with Crippen LogP contribution in [0.25, 0.3) is 0 Å². The van der Waals surface area contributed by atoms with Crippen molar-refractivity contribution in [3.05, 3.63) is 48.0 Å². The maximum Gasteiger partial charge on any atom is 0.244 e. The van der Waals surface area contributed by atoms with E-state index in [1.807, 2.05) is 19.1 Å². The number of rotatable bonds is 9. The Hall–Kier alpha value is -2.94. The van der Waals surface area contributed by atoms with Crippen LogP contribution < -0.4 is 23.8 Å². The fraction of sp³-hybridized carbons (Fsp3) is 0.381. The van der Waals surface area contributed by atoms with Crippen LogP contribution in [0.4, 0.5) is 5.69 Å². The van der Waals surface area contributed by atoms with E-state index < -0.39 is 22.0 Å². The molecule has 0 aliphatic heterocycles. The summed E-state index contributed by atoms with van der Waals surface area (Å²) in [6.07, 6.45) is 1.04. The van der Waals surface area contributed by atoms with Gasteiger partial charge in [-0.25, -0.2) is 8.42 Å². The molecule has 1 N–H and O–H groups in total. The summed E-state index contributed by atoms with van der Waals surface area (Å²) in [5.74, 6) is 1.01. The molecular weight excluding hydrogens is 408 g/mol. The second kappa shape index (κ2) is 9.71. The van der Waals surface area contributed by atoms with Crippen LogP contribution in [0.2, 0.25) is 0 Å². The van der Waals surface area contributed by atoms with Gasteiger partial charge in [-0.15, -0.1) is 0 Å². The van der Waals surface area contributed by atoms with Crippen LogP contribution in [0.3, 0.4) is 0 Å². The minimum Gasteiger partial charge on any atom is -0.497 e. The number of methoxy groups -OCH3 is 3. The Kier molecular flexibility index (Phi) is 7.55. The average molecular weight is 437 g/mol. The zero-order valence-electron chi connectivity index (χ0n) is 18.0. The molecule has 0 aliphatic carbocycles. The van der Waals surface area contributed by atoms with Crippen LogP contribution >= 0.6 is 0 Å². The largest absolute Gasteiger partial charge is 0.497 e. The molecule has 0 saturated heterocycles. The predicted molar refractivity (Wildman–Crippen MR) is 116 cm³/mol. The van der Waals surface area contributed by atoms with Gasteiger partial charge in [-0.3, -0.25) is 9.10 Å². The Labute approximate surface area is 177 Å². The molecular formula is C21H28N2O6S. The number of hydrogen-bond acceptors (Lipinski definition) is 6. The van der Waals surface area contributed by atoms with Crippen molar-refractivity contribution in [3.63, 3.8) is 0 Å². The Morgan fingerprint density at radius 3 is 2.00 bits per heavy atom. The van der Waals surface area contributed by atoms with Crippen LogP contribution in [0.5, 0.6) is 17.2 Å². The third kappa shape index (κ3) is 5.35. The summed E-state index contributed by atoms with van der Waals surface area (Å²) in [5, 5.41) is 2.86. The summed E-state index contributed by atoms with van der Waals surface area (Å²) in [4.78, 5) is 13.0. The summed E-state index contributed by atoms with van der Waals surface area (Å²) in [7, 11) is 0.677. The number of ether oxygens (including phenoxy) is 3. The van der Waals surface area contributed by atoms with Gasteiger partial charge in [0.05, 0.1) is 39.3 Å². The fourth-order valence-corrected chi connectivity index (χ4v) is 4.23. The van der Waals surface area contributed by atoms with Gasteiger partial charge in [0, 0.05) is 6.07 Å². The molecule has 2 aromatic rings. The molecule has 0 aliphatic rings. The second-order valence-electron chi connectivity index (χ2n) is 6.78. The highest BCUT2D eigenvalue weighted by atomic mass is 32.2. The summed E-state index contributed by atoms with van der Waals surface area (Å²) in [6.45, 7) is 3.35. The number of carbonyl (C=O) groups excluding carboxylic acids is 1. The van der Waals surface area contributed by atoms with E-state index in [2.05, 4.69) is 5.32 Å². The summed E-state index contributed by atoms with van der Waals surface area (Å²) < 4.78 is 41.9. The highest BCUT2D eigenvalue weighted by Crippen LogP contribution is 2.35. The zero-order valence-corrected chi connectivity index (χ0v) is 18.8. The number of sulfonamides is 1. The first kappa shape index (κ1) is 23.3.